The molecular formula is C18H21N3O2. The monoisotopic (exact) mass is 311 g/mol. The number of hydrogen-bond acceptors (Lipinski definition) is 4. The summed E-state index contributed by atoms with van der Waals surface area (Å²) < 4.78 is 5.40. The van der Waals surface area contributed by atoms with Crippen LogP contribution in [0.2, 0.25) is 0 Å². The first-order valence-electron chi connectivity index (χ1n) is 8.46. The molecule has 2 aromatic rings. The summed E-state index contributed by atoms with van der Waals surface area (Å²) in [6.45, 7) is 1.75. The fourth-order valence-corrected chi connectivity index (χ4v) is 3.24. The molecule has 1 aliphatic heterocycles. The highest BCUT2D eigenvalue weighted by atomic mass is 16.5. The van der Waals surface area contributed by atoms with Gasteiger partial charge in [-0.25, -0.2) is 0 Å². The van der Waals surface area contributed by atoms with Crippen LogP contribution in [0.4, 0.5) is 0 Å². The average molecular weight is 311 g/mol. The fourth-order valence-electron chi connectivity index (χ4n) is 3.24. The fraction of sp³-hybridized carbons (Fsp3) is 0.500. The van der Waals surface area contributed by atoms with Gasteiger partial charge in [0.05, 0.1) is 0 Å². The van der Waals surface area contributed by atoms with Gasteiger partial charge in [-0.15, -0.1) is 0 Å². The first-order valence-corrected chi connectivity index (χ1v) is 8.46. The molecule has 1 saturated carbocycles. The molecule has 2 fully saturated rings. The summed E-state index contributed by atoms with van der Waals surface area (Å²) in [5.41, 5.74) is 0.979. The topological polar surface area (TPSA) is 59.2 Å². The van der Waals surface area contributed by atoms with E-state index in [0.29, 0.717) is 29.5 Å². The standard InChI is InChI=1S/C18H21N3O2/c22-18(15-6-7-15)21-10-8-13(9-11-21)12-16-19-17(20-23-16)14-4-2-1-3-5-14/h1-5,13,15H,6-12H2. The van der Waals surface area contributed by atoms with Crippen molar-refractivity contribution in [2.75, 3.05) is 13.1 Å². The average Bonchev–Trinajstić information content (AvgIpc) is 3.35. The molecule has 0 atom stereocenters. The lowest BCUT2D eigenvalue weighted by molar-refractivity contribution is -0.133. The number of aromatic nitrogens is 2. The SMILES string of the molecule is O=C(C1CC1)N1CCC(Cc2nc(-c3ccccc3)no2)CC1. The van der Waals surface area contributed by atoms with Crippen LogP contribution in [0.1, 0.15) is 31.6 Å². The number of amides is 1. The first-order chi connectivity index (χ1) is 11.3. The van der Waals surface area contributed by atoms with Gasteiger partial charge in [-0.3, -0.25) is 4.79 Å². The van der Waals surface area contributed by atoms with E-state index in [1.807, 2.05) is 35.2 Å². The zero-order valence-corrected chi connectivity index (χ0v) is 13.1. The smallest absolute Gasteiger partial charge is 0.227 e. The van der Waals surface area contributed by atoms with Gasteiger partial charge in [0.2, 0.25) is 17.6 Å². The third kappa shape index (κ3) is 3.28. The van der Waals surface area contributed by atoms with Crippen LogP contribution in [0.25, 0.3) is 11.4 Å². The number of hydrogen-bond donors (Lipinski definition) is 0. The van der Waals surface area contributed by atoms with E-state index < -0.39 is 0 Å². The second-order valence-electron chi connectivity index (χ2n) is 6.62. The predicted molar refractivity (Wildman–Crippen MR) is 85.5 cm³/mol. The van der Waals surface area contributed by atoms with Crippen molar-refractivity contribution in [3.8, 4) is 11.4 Å². The lowest BCUT2D eigenvalue weighted by Gasteiger charge is -2.31. The summed E-state index contributed by atoms with van der Waals surface area (Å²) in [5, 5.41) is 4.08. The molecule has 0 bridgehead atoms. The Balaban J connectivity index is 1.33. The van der Waals surface area contributed by atoms with Gasteiger partial charge < -0.3 is 9.42 Å². The maximum atomic E-state index is 12.1. The Morgan fingerprint density at radius 1 is 1.13 bits per heavy atom. The largest absolute Gasteiger partial charge is 0.342 e. The second kappa shape index (κ2) is 6.14. The van der Waals surface area contributed by atoms with Gasteiger partial charge in [0.25, 0.3) is 0 Å². The van der Waals surface area contributed by atoms with Crippen LogP contribution in [0.15, 0.2) is 34.9 Å². The summed E-state index contributed by atoms with van der Waals surface area (Å²) in [6.07, 6.45) is 5.04. The number of nitrogens with zero attached hydrogens (tertiary/aromatic N) is 3. The Bertz CT molecular complexity index is 671. The molecule has 0 spiro atoms. The lowest BCUT2D eigenvalue weighted by atomic mass is 9.93. The van der Waals surface area contributed by atoms with Gasteiger partial charge in [0.15, 0.2) is 0 Å². The molecule has 23 heavy (non-hydrogen) atoms. The lowest BCUT2D eigenvalue weighted by Crippen LogP contribution is -2.39. The van der Waals surface area contributed by atoms with Gasteiger partial charge in [-0.05, 0) is 31.6 Å². The zero-order chi connectivity index (χ0) is 15.6. The van der Waals surface area contributed by atoms with Crippen molar-refractivity contribution in [3.63, 3.8) is 0 Å². The third-order valence-electron chi connectivity index (χ3n) is 4.82. The minimum atomic E-state index is 0.330. The van der Waals surface area contributed by atoms with Crippen LogP contribution in [-0.2, 0) is 11.2 Å². The van der Waals surface area contributed by atoms with Gasteiger partial charge in [0, 0.05) is 31.0 Å². The summed E-state index contributed by atoms with van der Waals surface area (Å²) in [6, 6.07) is 9.88. The molecule has 120 valence electrons. The molecule has 0 N–H and O–H groups in total. The number of benzene rings is 1. The van der Waals surface area contributed by atoms with Crippen LogP contribution < -0.4 is 0 Å². The second-order valence-corrected chi connectivity index (χ2v) is 6.62. The van der Waals surface area contributed by atoms with Crippen molar-refractivity contribution in [3.05, 3.63) is 36.2 Å². The maximum Gasteiger partial charge on any atom is 0.227 e. The van der Waals surface area contributed by atoms with E-state index >= 15 is 0 Å². The molecule has 1 saturated heterocycles. The highest BCUT2D eigenvalue weighted by Crippen LogP contribution is 2.32. The molecule has 5 nitrogen and oxygen atoms in total. The van der Waals surface area contributed by atoms with E-state index in [0.717, 1.165) is 50.8 Å². The molecule has 4 rings (SSSR count). The van der Waals surface area contributed by atoms with E-state index in [1.54, 1.807) is 0 Å². The summed E-state index contributed by atoms with van der Waals surface area (Å²) >= 11 is 0. The van der Waals surface area contributed by atoms with E-state index in [4.69, 9.17) is 4.52 Å². The maximum absolute atomic E-state index is 12.1. The Labute approximate surface area is 135 Å². The van der Waals surface area contributed by atoms with Crippen LogP contribution in [-0.4, -0.2) is 34.0 Å². The quantitative estimate of drug-likeness (QED) is 0.871. The van der Waals surface area contributed by atoms with Crippen LogP contribution in [0.3, 0.4) is 0 Å². The molecule has 0 radical (unpaired) electrons. The van der Waals surface area contributed by atoms with Crippen molar-refractivity contribution in [2.45, 2.75) is 32.1 Å². The molecule has 5 heteroatoms. The first kappa shape index (κ1) is 14.4. The number of carbonyl (C=O) groups is 1. The van der Waals surface area contributed by atoms with Crippen LogP contribution in [0.5, 0.6) is 0 Å². The van der Waals surface area contributed by atoms with E-state index in [-0.39, 0.29) is 0 Å². The summed E-state index contributed by atoms with van der Waals surface area (Å²) in [5.74, 6) is 2.59. The van der Waals surface area contributed by atoms with Crippen molar-refractivity contribution in [1.82, 2.24) is 15.0 Å². The molecule has 1 aliphatic carbocycles. The van der Waals surface area contributed by atoms with Crippen molar-refractivity contribution < 1.29 is 9.32 Å². The third-order valence-corrected chi connectivity index (χ3v) is 4.82. The highest BCUT2D eigenvalue weighted by molar-refractivity contribution is 5.81. The molecule has 1 amide bonds. The normalized spacial score (nSPS) is 19.0. The molecular weight excluding hydrogens is 290 g/mol. The van der Waals surface area contributed by atoms with E-state index in [2.05, 4.69) is 10.1 Å². The minimum Gasteiger partial charge on any atom is -0.342 e. The van der Waals surface area contributed by atoms with Gasteiger partial charge >= 0.3 is 0 Å². The summed E-state index contributed by atoms with van der Waals surface area (Å²) in [4.78, 5) is 18.6. The highest BCUT2D eigenvalue weighted by Gasteiger charge is 2.35. The molecule has 1 aromatic heterocycles. The molecule has 2 aliphatic rings. The van der Waals surface area contributed by atoms with Crippen molar-refractivity contribution >= 4 is 5.91 Å². The predicted octanol–water partition coefficient (Wildman–Crippen LogP) is 2.93. The van der Waals surface area contributed by atoms with Gasteiger partial charge in [-0.1, -0.05) is 35.5 Å². The number of piperidine rings is 1. The van der Waals surface area contributed by atoms with Crippen LogP contribution in [0, 0.1) is 11.8 Å². The zero-order valence-electron chi connectivity index (χ0n) is 13.1. The Morgan fingerprint density at radius 3 is 2.57 bits per heavy atom. The van der Waals surface area contributed by atoms with E-state index in [9.17, 15) is 4.79 Å². The van der Waals surface area contributed by atoms with Crippen molar-refractivity contribution in [2.24, 2.45) is 11.8 Å². The van der Waals surface area contributed by atoms with Crippen molar-refractivity contribution in [1.29, 1.82) is 0 Å². The van der Waals surface area contributed by atoms with E-state index in [1.165, 1.54) is 0 Å². The molecule has 1 aromatic carbocycles. The van der Waals surface area contributed by atoms with Crippen LogP contribution >= 0.6 is 0 Å². The number of likely N-dealkylation sites (tertiary alicyclic amines) is 1. The Hall–Kier alpha value is -2.17. The molecule has 0 unspecified atom stereocenters. The Morgan fingerprint density at radius 2 is 1.87 bits per heavy atom. The summed E-state index contributed by atoms with van der Waals surface area (Å²) in [7, 11) is 0. The molecule has 2 heterocycles. The van der Waals surface area contributed by atoms with Gasteiger partial charge in [0.1, 0.15) is 0 Å². The minimum absolute atomic E-state index is 0.330. The Kier molecular flexibility index (Phi) is 3.85. The van der Waals surface area contributed by atoms with Gasteiger partial charge in [-0.2, -0.15) is 4.98 Å². The number of carbonyl (C=O) groups excluding carboxylic acids is 1. The number of rotatable bonds is 4.